The molecule has 0 aromatic heterocycles. The molecule has 1 rings (SSSR count). The highest BCUT2D eigenvalue weighted by Crippen LogP contribution is 2.15. The van der Waals surface area contributed by atoms with Crippen molar-refractivity contribution in [1.29, 1.82) is 5.26 Å². The van der Waals surface area contributed by atoms with Crippen molar-refractivity contribution in [1.82, 2.24) is 9.80 Å². The summed E-state index contributed by atoms with van der Waals surface area (Å²) in [7, 11) is 2.03. The van der Waals surface area contributed by atoms with Gasteiger partial charge in [-0.05, 0) is 19.9 Å². The summed E-state index contributed by atoms with van der Waals surface area (Å²) in [6.45, 7) is 2.27. The molecule has 0 aromatic rings. The molecule has 15 heavy (non-hydrogen) atoms. The van der Waals surface area contributed by atoms with Gasteiger partial charge in [0.05, 0.1) is 6.07 Å². The summed E-state index contributed by atoms with van der Waals surface area (Å²) < 4.78 is 0. The van der Waals surface area contributed by atoms with Gasteiger partial charge in [-0.15, -0.1) is 0 Å². The van der Waals surface area contributed by atoms with Crippen LogP contribution in [0.15, 0.2) is 0 Å². The highest BCUT2D eigenvalue weighted by molar-refractivity contribution is 5.72. The van der Waals surface area contributed by atoms with E-state index in [4.69, 9.17) is 11.0 Å². The third-order valence-corrected chi connectivity index (χ3v) is 2.98. The monoisotopic (exact) mass is 210 g/mol. The number of nitrogens with zero attached hydrogens (tertiary/aromatic N) is 3. The molecule has 0 atom stereocenters. The molecule has 0 unspecified atom stereocenters. The molecule has 0 aliphatic carbocycles. The van der Waals surface area contributed by atoms with Gasteiger partial charge in [-0.2, -0.15) is 5.26 Å². The van der Waals surface area contributed by atoms with Gasteiger partial charge in [0.25, 0.3) is 0 Å². The lowest BCUT2D eigenvalue weighted by Crippen LogP contribution is -2.47. The molecule has 2 N–H and O–H groups in total. The molecular weight excluding hydrogens is 192 g/mol. The van der Waals surface area contributed by atoms with Gasteiger partial charge in [0.2, 0.25) is 0 Å². The van der Waals surface area contributed by atoms with Crippen molar-refractivity contribution >= 4 is 6.03 Å². The Morgan fingerprint density at radius 1 is 1.60 bits per heavy atom. The lowest BCUT2D eigenvalue weighted by molar-refractivity contribution is 0.140. The van der Waals surface area contributed by atoms with E-state index >= 15 is 0 Å². The smallest absolute Gasteiger partial charge is 0.314 e. The molecule has 84 valence electrons. The second kappa shape index (κ2) is 5.56. The summed E-state index contributed by atoms with van der Waals surface area (Å²) in [6.07, 6.45) is 2.46. The van der Waals surface area contributed by atoms with E-state index in [0.29, 0.717) is 12.5 Å². The number of likely N-dealkylation sites (tertiary alicyclic amines) is 1. The molecule has 0 radical (unpaired) electrons. The van der Waals surface area contributed by atoms with E-state index in [-0.39, 0.29) is 6.03 Å². The Hall–Kier alpha value is -1.28. The van der Waals surface area contributed by atoms with Crippen molar-refractivity contribution in [3.63, 3.8) is 0 Å². The predicted molar refractivity (Wildman–Crippen MR) is 57.0 cm³/mol. The van der Waals surface area contributed by atoms with Crippen LogP contribution in [0.2, 0.25) is 0 Å². The van der Waals surface area contributed by atoms with Gasteiger partial charge in [0.15, 0.2) is 0 Å². The molecule has 1 fully saturated rings. The number of carbonyl (C=O) groups excluding carboxylic acids is 1. The Morgan fingerprint density at radius 3 is 2.67 bits per heavy atom. The maximum absolute atomic E-state index is 10.9. The van der Waals surface area contributed by atoms with Gasteiger partial charge in [0, 0.05) is 32.1 Å². The zero-order valence-corrected chi connectivity index (χ0v) is 9.15. The van der Waals surface area contributed by atoms with E-state index in [0.717, 1.165) is 32.5 Å². The first-order valence-electron chi connectivity index (χ1n) is 5.26. The van der Waals surface area contributed by atoms with Crippen molar-refractivity contribution in [2.24, 2.45) is 5.73 Å². The minimum Gasteiger partial charge on any atom is -0.351 e. The summed E-state index contributed by atoms with van der Waals surface area (Å²) in [5.41, 5.74) is 5.20. The fourth-order valence-corrected chi connectivity index (χ4v) is 1.94. The van der Waals surface area contributed by atoms with Crippen LogP contribution in [0.5, 0.6) is 0 Å². The normalized spacial score (nSPS) is 17.8. The van der Waals surface area contributed by atoms with Crippen LogP contribution in [0.1, 0.15) is 19.3 Å². The second-order valence-corrected chi connectivity index (χ2v) is 3.95. The Bertz CT molecular complexity index is 253. The van der Waals surface area contributed by atoms with E-state index in [1.807, 2.05) is 7.05 Å². The number of nitrogens with two attached hydrogens (primary N) is 1. The van der Waals surface area contributed by atoms with Crippen molar-refractivity contribution < 1.29 is 4.79 Å². The molecular formula is C10H18N4O. The van der Waals surface area contributed by atoms with Crippen LogP contribution in [0.25, 0.3) is 0 Å². The fourth-order valence-electron chi connectivity index (χ4n) is 1.94. The van der Waals surface area contributed by atoms with Crippen molar-refractivity contribution in [3.05, 3.63) is 0 Å². The number of amides is 2. The third-order valence-electron chi connectivity index (χ3n) is 2.98. The molecule has 0 bridgehead atoms. The zero-order valence-electron chi connectivity index (χ0n) is 9.15. The number of urea groups is 1. The fraction of sp³-hybridized carbons (Fsp3) is 0.800. The molecule has 5 nitrogen and oxygen atoms in total. The quantitative estimate of drug-likeness (QED) is 0.731. The topological polar surface area (TPSA) is 73.4 Å². The van der Waals surface area contributed by atoms with Gasteiger partial charge < -0.3 is 15.5 Å². The number of hydrogen-bond acceptors (Lipinski definition) is 3. The second-order valence-electron chi connectivity index (χ2n) is 3.95. The molecule has 5 heteroatoms. The average Bonchev–Trinajstić information content (AvgIpc) is 2.26. The van der Waals surface area contributed by atoms with E-state index < -0.39 is 0 Å². The van der Waals surface area contributed by atoms with Crippen LogP contribution < -0.4 is 5.73 Å². The van der Waals surface area contributed by atoms with Gasteiger partial charge in [-0.1, -0.05) is 0 Å². The van der Waals surface area contributed by atoms with E-state index in [1.54, 1.807) is 4.90 Å². The predicted octanol–water partition coefficient (Wildman–Crippen LogP) is 0.375. The summed E-state index contributed by atoms with van der Waals surface area (Å²) in [6, 6.07) is 2.29. The summed E-state index contributed by atoms with van der Waals surface area (Å²) in [5.74, 6) is 0. The van der Waals surface area contributed by atoms with E-state index in [9.17, 15) is 4.79 Å². The van der Waals surface area contributed by atoms with Crippen LogP contribution in [0, 0.1) is 11.3 Å². The summed E-state index contributed by atoms with van der Waals surface area (Å²) in [5, 5.41) is 8.48. The largest absolute Gasteiger partial charge is 0.351 e. The van der Waals surface area contributed by atoms with Crippen LogP contribution in [0.4, 0.5) is 4.79 Å². The maximum Gasteiger partial charge on any atom is 0.314 e. The van der Waals surface area contributed by atoms with E-state index in [2.05, 4.69) is 11.0 Å². The molecule has 1 heterocycles. The van der Waals surface area contributed by atoms with Crippen LogP contribution in [-0.2, 0) is 0 Å². The van der Waals surface area contributed by atoms with E-state index in [1.165, 1.54) is 0 Å². The van der Waals surface area contributed by atoms with Gasteiger partial charge >= 0.3 is 6.03 Å². The number of carbonyl (C=O) groups is 1. The van der Waals surface area contributed by atoms with Gasteiger partial charge in [0.1, 0.15) is 0 Å². The Balaban J connectivity index is 2.30. The third kappa shape index (κ3) is 3.40. The standard InChI is InChI=1S/C10H18N4O/c1-13(6-2-5-11)9-3-7-14(8-4-9)10(12)15/h9H,2-4,6-8H2,1H3,(H2,12,15). The highest BCUT2D eigenvalue weighted by Gasteiger charge is 2.23. The number of piperidine rings is 1. The SMILES string of the molecule is CN(CCC#N)C1CCN(C(N)=O)CC1. The zero-order chi connectivity index (χ0) is 11.3. The molecule has 2 amide bonds. The minimum atomic E-state index is -0.326. The first kappa shape index (κ1) is 11.8. The number of hydrogen-bond donors (Lipinski definition) is 1. The Labute approximate surface area is 90.4 Å². The minimum absolute atomic E-state index is 0.326. The Morgan fingerprint density at radius 2 is 2.20 bits per heavy atom. The molecule has 1 saturated heterocycles. The average molecular weight is 210 g/mol. The van der Waals surface area contributed by atoms with Gasteiger partial charge in [-0.25, -0.2) is 4.79 Å². The van der Waals surface area contributed by atoms with Gasteiger partial charge in [-0.3, -0.25) is 0 Å². The first-order chi connectivity index (χ1) is 7.15. The maximum atomic E-state index is 10.9. The highest BCUT2D eigenvalue weighted by atomic mass is 16.2. The van der Waals surface area contributed by atoms with Crippen LogP contribution in [0.3, 0.4) is 0 Å². The molecule has 1 aliphatic rings. The lowest BCUT2D eigenvalue weighted by atomic mass is 10.0. The molecule has 1 aliphatic heterocycles. The van der Waals surface area contributed by atoms with Crippen molar-refractivity contribution in [2.45, 2.75) is 25.3 Å². The van der Waals surface area contributed by atoms with Crippen LogP contribution in [-0.4, -0.2) is 48.6 Å². The molecule has 0 aromatic carbocycles. The molecule has 0 saturated carbocycles. The van der Waals surface area contributed by atoms with Crippen LogP contribution >= 0.6 is 0 Å². The number of primary amides is 1. The Kier molecular flexibility index (Phi) is 4.37. The van der Waals surface area contributed by atoms with Crippen molar-refractivity contribution in [2.75, 3.05) is 26.7 Å². The number of nitriles is 1. The molecule has 0 spiro atoms. The summed E-state index contributed by atoms with van der Waals surface area (Å²) >= 11 is 0. The number of rotatable bonds is 3. The lowest BCUT2D eigenvalue weighted by Gasteiger charge is -2.35. The van der Waals surface area contributed by atoms with Crippen molar-refractivity contribution in [3.8, 4) is 6.07 Å². The summed E-state index contributed by atoms with van der Waals surface area (Å²) in [4.78, 5) is 14.8. The first-order valence-corrected chi connectivity index (χ1v) is 5.26.